The van der Waals surface area contributed by atoms with Crippen LogP contribution in [0.4, 0.5) is 18.9 Å². The van der Waals surface area contributed by atoms with Crippen molar-refractivity contribution in [3.8, 4) is 0 Å². The minimum Gasteiger partial charge on any atom is -0.355 e. The van der Waals surface area contributed by atoms with Gasteiger partial charge >= 0.3 is 6.18 Å². The summed E-state index contributed by atoms with van der Waals surface area (Å²) in [5.41, 5.74) is -0.0455. The molecule has 0 bridgehead atoms. The molecule has 0 unspecified atom stereocenters. The van der Waals surface area contributed by atoms with Gasteiger partial charge < -0.3 is 10.2 Å². The molecule has 0 aliphatic carbocycles. The van der Waals surface area contributed by atoms with Crippen LogP contribution in [-0.4, -0.2) is 44.3 Å². The number of likely N-dealkylation sites (N-methyl/N-ethyl adjacent to an activating group) is 1. The van der Waals surface area contributed by atoms with E-state index < -0.39 is 56.9 Å². The second kappa shape index (κ2) is 15.6. The minimum absolute atomic E-state index is 0.0182. The molecule has 4 aromatic carbocycles. The summed E-state index contributed by atoms with van der Waals surface area (Å²) in [7, 11) is -4.66. The van der Waals surface area contributed by atoms with Crippen molar-refractivity contribution in [1.29, 1.82) is 0 Å². The van der Waals surface area contributed by atoms with Crippen LogP contribution in [-0.2, 0) is 38.8 Å². The van der Waals surface area contributed by atoms with Crippen LogP contribution < -0.4 is 9.62 Å². The van der Waals surface area contributed by atoms with Gasteiger partial charge in [0.1, 0.15) is 12.6 Å². The van der Waals surface area contributed by atoms with E-state index in [9.17, 15) is 31.2 Å². The number of amides is 2. The summed E-state index contributed by atoms with van der Waals surface area (Å²) >= 11 is 18.8. The Labute approximate surface area is 292 Å². The van der Waals surface area contributed by atoms with E-state index in [2.05, 4.69) is 5.32 Å². The standard InChI is InChI=1S/C34H31Cl3F3N3O4S/c1-3-41-33(45)31(18-23-8-5-4-6-9-23)42(20-26-28(35)10-7-11-29(26)36)32(44)21-43(48(46,47)25-15-12-22(2)13-16-25)24-14-17-30(37)27(19-24)34(38,39)40/h4-17,19,31H,3,18,20-21H2,1-2H3,(H,41,45)/t31-/m1/s1. The van der Waals surface area contributed by atoms with Gasteiger partial charge in [0.25, 0.3) is 10.0 Å². The molecule has 0 heterocycles. The van der Waals surface area contributed by atoms with Gasteiger partial charge in [0.2, 0.25) is 11.8 Å². The van der Waals surface area contributed by atoms with Crippen LogP contribution in [0, 0.1) is 6.92 Å². The predicted molar refractivity (Wildman–Crippen MR) is 182 cm³/mol. The van der Waals surface area contributed by atoms with Crippen molar-refractivity contribution < 1.29 is 31.2 Å². The van der Waals surface area contributed by atoms with E-state index in [0.717, 1.165) is 22.6 Å². The van der Waals surface area contributed by atoms with Gasteiger partial charge in [-0.3, -0.25) is 13.9 Å². The van der Waals surface area contributed by atoms with Gasteiger partial charge in [-0.05, 0) is 61.9 Å². The van der Waals surface area contributed by atoms with Crippen molar-refractivity contribution in [2.75, 3.05) is 17.4 Å². The second-order valence-corrected chi connectivity index (χ2v) is 13.9. The molecule has 0 radical (unpaired) electrons. The molecule has 2 amide bonds. The molecular weight excluding hydrogens is 710 g/mol. The van der Waals surface area contributed by atoms with E-state index >= 15 is 0 Å². The monoisotopic (exact) mass is 739 g/mol. The average Bonchev–Trinajstić information content (AvgIpc) is 3.03. The molecule has 0 fully saturated rings. The first kappa shape index (κ1) is 37.1. The summed E-state index contributed by atoms with van der Waals surface area (Å²) in [6, 6.07) is 20.5. The fourth-order valence-corrected chi connectivity index (χ4v) is 7.10. The third kappa shape index (κ3) is 8.82. The summed E-state index contributed by atoms with van der Waals surface area (Å²) < 4.78 is 70.7. The van der Waals surface area contributed by atoms with Gasteiger partial charge in [-0.15, -0.1) is 0 Å². The van der Waals surface area contributed by atoms with Gasteiger partial charge in [-0.25, -0.2) is 8.42 Å². The van der Waals surface area contributed by atoms with E-state index in [4.69, 9.17) is 34.8 Å². The first-order valence-electron chi connectivity index (χ1n) is 14.6. The maximum Gasteiger partial charge on any atom is 0.417 e. The Kier molecular flexibility index (Phi) is 12.1. The maximum absolute atomic E-state index is 14.5. The molecule has 1 N–H and O–H groups in total. The number of hydrogen-bond donors (Lipinski definition) is 1. The summed E-state index contributed by atoms with van der Waals surface area (Å²) in [6.45, 7) is 2.35. The third-order valence-electron chi connectivity index (χ3n) is 7.44. The highest BCUT2D eigenvalue weighted by Gasteiger charge is 2.38. The van der Waals surface area contributed by atoms with Gasteiger partial charge in [-0.2, -0.15) is 13.2 Å². The molecular formula is C34H31Cl3F3N3O4S. The maximum atomic E-state index is 14.5. The fourth-order valence-electron chi connectivity index (χ4n) is 4.95. The van der Waals surface area contributed by atoms with Gasteiger partial charge in [0.15, 0.2) is 0 Å². The van der Waals surface area contributed by atoms with Crippen molar-refractivity contribution in [2.45, 2.75) is 43.9 Å². The lowest BCUT2D eigenvalue weighted by Crippen LogP contribution is -2.53. The molecule has 1 atom stereocenters. The molecule has 0 aliphatic rings. The lowest BCUT2D eigenvalue weighted by molar-refractivity contribution is -0.140. The summed E-state index contributed by atoms with van der Waals surface area (Å²) in [5, 5.41) is 2.44. The van der Waals surface area contributed by atoms with Gasteiger partial charge in [-0.1, -0.05) is 88.9 Å². The molecule has 48 heavy (non-hydrogen) atoms. The minimum atomic E-state index is -4.93. The molecule has 4 rings (SSSR count). The van der Waals surface area contributed by atoms with Crippen LogP contribution in [0.5, 0.6) is 0 Å². The highest BCUT2D eigenvalue weighted by atomic mass is 35.5. The summed E-state index contributed by atoms with van der Waals surface area (Å²) in [6.07, 6.45) is -4.91. The zero-order chi connectivity index (χ0) is 35.2. The highest BCUT2D eigenvalue weighted by molar-refractivity contribution is 7.92. The molecule has 4 aromatic rings. The molecule has 7 nitrogen and oxygen atoms in total. The number of carbonyl (C=O) groups excluding carboxylic acids is 2. The Balaban J connectivity index is 1.89. The number of halogens is 6. The summed E-state index contributed by atoms with van der Waals surface area (Å²) in [5.74, 6) is -1.45. The third-order valence-corrected chi connectivity index (χ3v) is 10.3. The second-order valence-electron chi connectivity index (χ2n) is 10.8. The lowest BCUT2D eigenvalue weighted by Gasteiger charge is -2.34. The Bertz CT molecular complexity index is 1860. The molecule has 14 heteroatoms. The largest absolute Gasteiger partial charge is 0.417 e. The topological polar surface area (TPSA) is 86.8 Å². The molecule has 0 aromatic heterocycles. The van der Waals surface area contributed by atoms with E-state index in [1.807, 2.05) is 0 Å². The zero-order valence-electron chi connectivity index (χ0n) is 25.8. The highest BCUT2D eigenvalue weighted by Crippen LogP contribution is 2.38. The van der Waals surface area contributed by atoms with Crippen LogP contribution in [0.15, 0.2) is 95.9 Å². The Morgan fingerprint density at radius 3 is 2.06 bits per heavy atom. The number of benzene rings is 4. The number of sulfonamides is 1. The first-order chi connectivity index (χ1) is 22.6. The van der Waals surface area contributed by atoms with Crippen molar-refractivity contribution in [3.05, 3.63) is 128 Å². The van der Waals surface area contributed by atoms with Crippen LogP contribution >= 0.6 is 34.8 Å². The zero-order valence-corrected chi connectivity index (χ0v) is 28.9. The van der Waals surface area contributed by atoms with Crippen molar-refractivity contribution in [2.24, 2.45) is 0 Å². The van der Waals surface area contributed by atoms with Crippen LogP contribution in [0.1, 0.15) is 29.2 Å². The number of aryl methyl sites for hydroxylation is 1. The van der Waals surface area contributed by atoms with E-state index in [0.29, 0.717) is 15.9 Å². The van der Waals surface area contributed by atoms with Gasteiger partial charge in [0.05, 0.1) is 21.2 Å². The quantitative estimate of drug-likeness (QED) is 0.160. The molecule has 254 valence electrons. The smallest absolute Gasteiger partial charge is 0.355 e. The number of alkyl halides is 3. The number of hydrogen-bond acceptors (Lipinski definition) is 4. The number of nitrogens with zero attached hydrogens (tertiary/aromatic N) is 2. The Morgan fingerprint density at radius 1 is 0.854 bits per heavy atom. The molecule has 0 aliphatic heterocycles. The predicted octanol–water partition coefficient (Wildman–Crippen LogP) is 7.95. The fraction of sp³-hybridized carbons (Fsp3) is 0.235. The Morgan fingerprint density at radius 2 is 1.48 bits per heavy atom. The van der Waals surface area contributed by atoms with Crippen LogP contribution in [0.3, 0.4) is 0 Å². The molecule has 0 saturated heterocycles. The normalized spacial score (nSPS) is 12.3. The van der Waals surface area contributed by atoms with Gasteiger partial charge in [0, 0.05) is 35.1 Å². The van der Waals surface area contributed by atoms with Crippen molar-refractivity contribution >= 4 is 62.3 Å². The molecule has 0 saturated carbocycles. The SMILES string of the molecule is CCNC(=O)[C@@H](Cc1ccccc1)N(Cc1c(Cl)cccc1Cl)C(=O)CN(c1ccc(Cl)c(C(F)(F)F)c1)S(=O)(=O)c1ccc(C)cc1. The Hall–Kier alpha value is -3.77. The lowest BCUT2D eigenvalue weighted by atomic mass is 10.0. The number of carbonyl (C=O) groups is 2. The number of anilines is 1. The van der Waals surface area contributed by atoms with E-state index in [-0.39, 0.29) is 40.0 Å². The summed E-state index contributed by atoms with van der Waals surface area (Å²) in [4.78, 5) is 29.0. The molecule has 0 spiro atoms. The van der Waals surface area contributed by atoms with Crippen LogP contribution in [0.25, 0.3) is 0 Å². The number of rotatable bonds is 12. The number of nitrogens with one attached hydrogen (secondary N) is 1. The average molecular weight is 741 g/mol. The van der Waals surface area contributed by atoms with Crippen molar-refractivity contribution in [3.63, 3.8) is 0 Å². The van der Waals surface area contributed by atoms with Crippen molar-refractivity contribution in [1.82, 2.24) is 10.2 Å². The first-order valence-corrected chi connectivity index (χ1v) is 17.2. The van der Waals surface area contributed by atoms with E-state index in [1.165, 1.54) is 24.3 Å². The van der Waals surface area contributed by atoms with Crippen LogP contribution in [0.2, 0.25) is 15.1 Å². The van der Waals surface area contributed by atoms with E-state index in [1.54, 1.807) is 62.4 Å².